The van der Waals surface area contributed by atoms with Gasteiger partial charge in [-0.1, -0.05) is 17.7 Å². The number of nitrogens with one attached hydrogen (secondary N) is 2. The SMILES string of the molecule is C/C=C/NC(=O)/C(OC1=CC(C)=CC1)=C(/C)CNC. The maximum atomic E-state index is 12.1. The molecule has 0 bridgehead atoms. The van der Waals surface area contributed by atoms with Gasteiger partial charge >= 0.3 is 0 Å². The van der Waals surface area contributed by atoms with Crippen LogP contribution in [0.15, 0.2) is 47.1 Å². The lowest BCUT2D eigenvalue weighted by Gasteiger charge is -2.13. The van der Waals surface area contributed by atoms with Crippen molar-refractivity contribution in [2.75, 3.05) is 13.6 Å². The van der Waals surface area contributed by atoms with E-state index in [1.807, 2.05) is 33.9 Å². The minimum atomic E-state index is -0.226. The number of rotatable bonds is 6. The normalized spacial score (nSPS) is 16.0. The molecule has 19 heavy (non-hydrogen) atoms. The fourth-order valence-electron chi connectivity index (χ4n) is 1.73. The summed E-state index contributed by atoms with van der Waals surface area (Å²) in [6, 6.07) is 0. The molecule has 1 amide bonds. The van der Waals surface area contributed by atoms with E-state index < -0.39 is 0 Å². The van der Waals surface area contributed by atoms with Gasteiger partial charge in [0.25, 0.3) is 5.91 Å². The minimum Gasteiger partial charge on any atom is -0.456 e. The number of hydrogen-bond acceptors (Lipinski definition) is 3. The van der Waals surface area contributed by atoms with Gasteiger partial charge in [-0.2, -0.15) is 0 Å². The van der Waals surface area contributed by atoms with E-state index >= 15 is 0 Å². The Morgan fingerprint density at radius 2 is 2.26 bits per heavy atom. The lowest BCUT2D eigenvalue weighted by atomic mass is 10.2. The highest BCUT2D eigenvalue weighted by atomic mass is 16.5. The molecular formula is C15H22N2O2. The second-order valence-electron chi connectivity index (χ2n) is 4.48. The third kappa shape index (κ3) is 4.75. The summed E-state index contributed by atoms with van der Waals surface area (Å²) in [5, 5.41) is 5.71. The molecule has 104 valence electrons. The van der Waals surface area contributed by atoms with Crippen LogP contribution in [0, 0.1) is 0 Å². The smallest absolute Gasteiger partial charge is 0.290 e. The molecular weight excluding hydrogens is 240 g/mol. The summed E-state index contributed by atoms with van der Waals surface area (Å²) in [5.41, 5.74) is 2.03. The van der Waals surface area contributed by atoms with Crippen LogP contribution in [0.1, 0.15) is 27.2 Å². The number of amides is 1. The van der Waals surface area contributed by atoms with E-state index in [0.29, 0.717) is 12.3 Å². The van der Waals surface area contributed by atoms with Crippen molar-refractivity contribution in [1.82, 2.24) is 10.6 Å². The molecule has 4 nitrogen and oxygen atoms in total. The first kappa shape index (κ1) is 15.2. The highest BCUT2D eigenvalue weighted by Gasteiger charge is 2.17. The molecule has 0 heterocycles. The minimum absolute atomic E-state index is 0.226. The quantitative estimate of drug-likeness (QED) is 0.571. The van der Waals surface area contributed by atoms with E-state index in [-0.39, 0.29) is 5.91 Å². The number of carbonyl (C=O) groups is 1. The number of hydrogen-bond donors (Lipinski definition) is 2. The molecule has 4 heteroatoms. The summed E-state index contributed by atoms with van der Waals surface area (Å²) in [6.07, 6.45) is 8.13. The molecule has 0 fully saturated rings. The van der Waals surface area contributed by atoms with Gasteiger partial charge in [-0.05, 0) is 45.7 Å². The van der Waals surface area contributed by atoms with Crippen molar-refractivity contribution in [3.8, 4) is 0 Å². The van der Waals surface area contributed by atoms with Crippen LogP contribution < -0.4 is 10.6 Å². The van der Waals surface area contributed by atoms with Gasteiger partial charge in [0.05, 0.1) is 0 Å². The van der Waals surface area contributed by atoms with Crippen LogP contribution in [0.5, 0.6) is 0 Å². The van der Waals surface area contributed by atoms with E-state index in [1.54, 1.807) is 12.3 Å². The Bertz CT molecular complexity index is 457. The number of carbonyl (C=O) groups excluding carboxylic acids is 1. The van der Waals surface area contributed by atoms with Crippen molar-refractivity contribution in [3.63, 3.8) is 0 Å². The first-order valence-corrected chi connectivity index (χ1v) is 6.40. The van der Waals surface area contributed by atoms with Crippen LogP contribution in [0.2, 0.25) is 0 Å². The summed E-state index contributed by atoms with van der Waals surface area (Å²) >= 11 is 0. The molecule has 0 spiro atoms. The molecule has 0 radical (unpaired) electrons. The molecule has 1 aliphatic carbocycles. The van der Waals surface area contributed by atoms with E-state index in [9.17, 15) is 4.79 Å². The molecule has 2 N–H and O–H groups in total. The largest absolute Gasteiger partial charge is 0.456 e. The van der Waals surface area contributed by atoms with Crippen LogP contribution in [0.3, 0.4) is 0 Å². The average Bonchev–Trinajstić information content (AvgIpc) is 2.79. The van der Waals surface area contributed by atoms with Gasteiger partial charge in [-0.25, -0.2) is 0 Å². The third-order valence-corrected chi connectivity index (χ3v) is 2.66. The monoisotopic (exact) mass is 262 g/mol. The molecule has 1 rings (SSSR count). The summed E-state index contributed by atoms with van der Waals surface area (Å²) in [5.74, 6) is 0.941. The number of likely N-dealkylation sites (N-methyl/N-ethyl adjacent to an activating group) is 1. The highest BCUT2D eigenvalue weighted by Crippen LogP contribution is 2.22. The Labute approximate surface area is 114 Å². The topological polar surface area (TPSA) is 50.4 Å². The van der Waals surface area contributed by atoms with E-state index in [1.165, 1.54) is 0 Å². The fraction of sp³-hybridized carbons (Fsp3) is 0.400. The van der Waals surface area contributed by atoms with Gasteiger partial charge in [0.2, 0.25) is 0 Å². The molecule has 0 atom stereocenters. The summed E-state index contributed by atoms with van der Waals surface area (Å²) in [6.45, 7) is 6.35. The predicted octanol–water partition coefficient (Wildman–Crippen LogP) is 2.38. The van der Waals surface area contributed by atoms with Gasteiger partial charge in [-0.3, -0.25) is 4.79 Å². The van der Waals surface area contributed by atoms with Crippen LogP contribution in [0.4, 0.5) is 0 Å². The van der Waals surface area contributed by atoms with Crippen molar-refractivity contribution < 1.29 is 9.53 Å². The highest BCUT2D eigenvalue weighted by molar-refractivity contribution is 5.93. The van der Waals surface area contributed by atoms with Crippen LogP contribution >= 0.6 is 0 Å². The van der Waals surface area contributed by atoms with Gasteiger partial charge < -0.3 is 15.4 Å². The zero-order valence-electron chi connectivity index (χ0n) is 12.0. The van der Waals surface area contributed by atoms with E-state index in [4.69, 9.17) is 4.74 Å². The number of allylic oxidation sites excluding steroid dienone is 4. The Morgan fingerprint density at radius 1 is 1.53 bits per heavy atom. The number of ether oxygens (including phenoxy) is 1. The Morgan fingerprint density at radius 3 is 2.79 bits per heavy atom. The Balaban J connectivity index is 2.84. The second-order valence-corrected chi connectivity index (χ2v) is 4.48. The standard InChI is InChI=1S/C15H22N2O2/c1-5-8-17-15(18)14(12(3)10-16-4)19-13-7-6-11(2)9-13/h5-6,8-9,16H,7,10H2,1-4H3,(H,17,18)/b8-5+,14-12+. The molecule has 0 aromatic carbocycles. The second kappa shape index (κ2) is 7.59. The maximum Gasteiger partial charge on any atom is 0.290 e. The first-order valence-electron chi connectivity index (χ1n) is 6.40. The van der Waals surface area contributed by atoms with Crippen molar-refractivity contribution in [3.05, 3.63) is 47.1 Å². The molecule has 0 saturated heterocycles. The summed E-state index contributed by atoms with van der Waals surface area (Å²) in [4.78, 5) is 12.1. The zero-order valence-corrected chi connectivity index (χ0v) is 12.0. The summed E-state index contributed by atoms with van der Waals surface area (Å²) < 4.78 is 5.76. The van der Waals surface area contributed by atoms with Crippen molar-refractivity contribution in [2.24, 2.45) is 0 Å². The molecule has 0 unspecified atom stereocenters. The van der Waals surface area contributed by atoms with Crippen molar-refractivity contribution in [1.29, 1.82) is 0 Å². The van der Waals surface area contributed by atoms with Gasteiger partial charge in [0, 0.05) is 13.0 Å². The lowest BCUT2D eigenvalue weighted by Crippen LogP contribution is -2.24. The average molecular weight is 262 g/mol. The molecule has 1 aliphatic rings. The Hall–Kier alpha value is -1.81. The molecule has 0 aromatic rings. The van der Waals surface area contributed by atoms with Crippen LogP contribution in [-0.2, 0) is 9.53 Å². The van der Waals surface area contributed by atoms with Gasteiger partial charge in [0.15, 0.2) is 5.76 Å². The first-order chi connectivity index (χ1) is 9.08. The predicted molar refractivity (Wildman–Crippen MR) is 77.1 cm³/mol. The molecule has 0 aromatic heterocycles. The lowest BCUT2D eigenvalue weighted by molar-refractivity contribution is -0.119. The van der Waals surface area contributed by atoms with Crippen LogP contribution in [0.25, 0.3) is 0 Å². The van der Waals surface area contributed by atoms with Gasteiger partial charge in [-0.15, -0.1) is 0 Å². The maximum absolute atomic E-state index is 12.1. The van der Waals surface area contributed by atoms with Crippen molar-refractivity contribution in [2.45, 2.75) is 27.2 Å². The van der Waals surface area contributed by atoms with Crippen LogP contribution in [-0.4, -0.2) is 19.5 Å². The van der Waals surface area contributed by atoms with Gasteiger partial charge in [0.1, 0.15) is 5.76 Å². The molecule has 0 saturated carbocycles. The van der Waals surface area contributed by atoms with E-state index in [0.717, 1.165) is 23.3 Å². The summed E-state index contributed by atoms with van der Waals surface area (Å²) in [7, 11) is 1.84. The Kier molecular flexibility index (Phi) is 6.09. The van der Waals surface area contributed by atoms with E-state index in [2.05, 4.69) is 16.7 Å². The zero-order chi connectivity index (χ0) is 14.3. The molecule has 0 aliphatic heterocycles. The fourth-order valence-corrected chi connectivity index (χ4v) is 1.73. The van der Waals surface area contributed by atoms with Crippen molar-refractivity contribution >= 4 is 5.91 Å². The third-order valence-electron chi connectivity index (χ3n) is 2.66.